The Morgan fingerprint density at radius 3 is 2.41 bits per heavy atom. The van der Waals surface area contributed by atoms with Gasteiger partial charge in [-0.3, -0.25) is 0 Å². The summed E-state index contributed by atoms with van der Waals surface area (Å²) in [6, 6.07) is 7.05. The van der Waals surface area contributed by atoms with Gasteiger partial charge in [0.05, 0.1) is 4.90 Å². The maximum Gasteiger partial charge on any atom is 0.239 e. The number of hydrogen-bond donors (Lipinski definition) is 0. The van der Waals surface area contributed by atoms with E-state index in [9.17, 15) is 8.42 Å². The predicted molar refractivity (Wildman–Crippen MR) is 81.8 cm³/mol. The van der Waals surface area contributed by atoms with Gasteiger partial charge in [0.1, 0.15) is 0 Å². The molecule has 0 saturated carbocycles. The monoisotopic (exact) mass is 446 g/mol. The average Bonchev–Trinajstić information content (AvgIpc) is 2.25. The van der Waals surface area contributed by atoms with E-state index in [-0.39, 0.29) is 0 Å². The van der Waals surface area contributed by atoms with Crippen LogP contribution in [-0.4, -0.2) is 9.89 Å². The van der Waals surface area contributed by atoms with E-state index < -0.39 is 11.3 Å². The molecule has 0 heterocycles. The van der Waals surface area contributed by atoms with Crippen molar-refractivity contribution in [2.45, 2.75) is 32.6 Å². The number of benzene rings is 1. The zero-order chi connectivity index (χ0) is 13.1. The molecule has 0 atom stereocenters. The highest BCUT2D eigenvalue weighted by molar-refractivity contribution is 9.42. The third-order valence-electron chi connectivity index (χ3n) is 2.33. The summed E-state index contributed by atoms with van der Waals surface area (Å²) >= 11 is 9.18. The Hall–Kier alpha value is 0.610. The number of aryl methyl sites for hydroxylation is 1. The van der Waals surface area contributed by atoms with Crippen molar-refractivity contribution in [3.05, 3.63) is 29.8 Å². The molecule has 0 fully saturated rings. The fourth-order valence-electron chi connectivity index (χ4n) is 1.38. The van der Waals surface area contributed by atoms with Gasteiger partial charge in [0.2, 0.25) is 11.3 Å². The first-order chi connectivity index (χ1) is 7.79. The summed E-state index contributed by atoms with van der Waals surface area (Å²) in [5.74, 6) is 0. The molecular weight excluding hydrogens is 436 g/mol. The second-order valence-corrected chi connectivity index (χ2v) is 14.1. The molecule has 6 heteroatoms. The normalized spacial score (nSPS) is 12.7. The molecule has 0 saturated heterocycles. The number of unbranched alkanes of at least 4 members (excludes halogenated alkanes) is 1. The van der Waals surface area contributed by atoms with Crippen LogP contribution in [0.1, 0.15) is 25.3 Å². The fraction of sp³-hybridized carbons (Fsp3) is 0.455. The van der Waals surface area contributed by atoms with Crippen LogP contribution in [0.5, 0.6) is 0 Å². The van der Waals surface area contributed by atoms with Gasteiger partial charge in [-0.25, -0.2) is 8.42 Å². The molecule has 17 heavy (non-hydrogen) atoms. The second-order valence-electron chi connectivity index (χ2n) is 3.70. The Kier molecular flexibility index (Phi) is 5.69. The Bertz CT molecular complexity index is 478. The van der Waals surface area contributed by atoms with Crippen molar-refractivity contribution >= 4 is 57.6 Å². The largest absolute Gasteiger partial charge is 0.239 e. The highest BCUT2D eigenvalue weighted by Crippen LogP contribution is 2.43. The van der Waals surface area contributed by atoms with E-state index in [1.54, 1.807) is 18.2 Å². The molecule has 96 valence electrons. The molecule has 0 unspecified atom stereocenters. The molecular formula is C11H13Br3O2S. The Morgan fingerprint density at radius 1 is 1.24 bits per heavy atom. The molecule has 0 N–H and O–H groups in total. The minimum Gasteiger partial charge on any atom is -0.220 e. The van der Waals surface area contributed by atoms with E-state index in [0.29, 0.717) is 4.90 Å². The zero-order valence-electron chi connectivity index (χ0n) is 9.29. The number of rotatable bonds is 4. The van der Waals surface area contributed by atoms with Crippen molar-refractivity contribution in [3.8, 4) is 0 Å². The van der Waals surface area contributed by atoms with Crippen LogP contribution in [0.3, 0.4) is 0 Å². The number of alkyl halides is 3. The quantitative estimate of drug-likeness (QED) is 0.631. The summed E-state index contributed by atoms with van der Waals surface area (Å²) in [6.07, 6.45) is 3.06. The Labute approximate surface area is 127 Å². The summed E-state index contributed by atoms with van der Waals surface area (Å²) in [5, 5.41) is 0. The molecule has 1 aromatic rings. The molecule has 0 aliphatic heterocycles. The molecule has 0 radical (unpaired) electrons. The number of sulfone groups is 1. The number of halogens is 3. The van der Waals surface area contributed by atoms with Crippen molar-refractivity contribution in [2.75, 3.05) is 0 Å². The minimum atomic E-state index is -3.47. The van der Waals surface area contributed by atoms with E-state index >= 15 is 0 Å². The lowest BCUT2D eigenvalue weighted by molar-refractivity contribution is 0.598. The van der Waals surface area contributed by atoms with E-state index in [1.807, 2.05) is 6.07 Å². The van der Waals surface area contributed by atoms with Crippen molar-refractivity contribution < 1.29 is 8.42 Å². The average molecular weight is 449 g/mol. The second kappa shape index (κ2) is 6.17. The molecule has 0 spiro atoms. The van der Waals surface area contributed by atoms with Gasteiger partial charge < -0.3 is 0 Å². The van der Waals surface area contributed by atoms with Crippen LogP contribution in [0.4, 0.5) is 0 Å². The third kappa shape index (κ3) is 4.04. The molecule has 0 aliphatic carbocycles. The number of hydrogen-bond acceptors (Lipinski definition) is 2. The highest BCUT2D eigenvalue weighted by atomic mass is 80.0. The summed E-state index contributed by atoms with van der Waals surface area (Å²) in [7, 11) is -3.47. The van der Waals surface area contributed by atoms with Crippen LogP contribution in [0.25, 0.3) is 0 Å². The first kappa shape index (κ1) is 15.7. The molecule has 0 bridgehead atoms. The Balaban J connectivity index is 3.08. The lowest BCUT2D eigenvalue weighted by atomic mass is 10.1. The predicted octanol–water partition coefficient (Wildman–Crippen LogP) is 4.60. The summed E-state index contributed by atoms with van der Waals surface area (Å²) in [5.41, 5.74) is 1.05. The summed E-state index contributed by atoms with van der Waals surface area (Å²) in [6.45, 7) is 2.11. The standard InChI is InChI=1S/C11H13Br3O2S/c1-2-3-5-9-6-4-7-10(8-9)17(15,16)11(12,13)14/h4,6-8H,2-3,5H2,1H3. The molecule has 2 nitrogen and oxygen atoms in total. The van der Waals surface area contributed by atoms with Crippen molar-refractivity contribution in [1.82, 2.24) is 0 Å². The van der Waals surface area contributed by atoms with Gasteiger partial charge in [-0.15, -0.1) is 0 Å². The van der Waals surface area contributed by atoms with Crippen molar-refractivity contribution in [2.24, 2.45) is 0 Å². The van der Waals surface area contributed by atoms with Crippen LogP contribution in [0, 0.1) is 0 Å². The minimum absolute atomic E-state index is 0.303. The van der Waals surface area contributed by atoms with Gasteiger partial charge in [-0.1, -0.05) is 25.5 Å². The van der Waals surface area contributed by atoms with Crippen LogP contribution in [-0.2, 0) is 16.3 Å². The van der Waals surface area contributed by atoms with Gasteiger partial charge in [0.15, 0.2) is 0 Å². The van der Waals surface area contributed by atoms with Gasteiger partial charge in [0, 0.05) is 0 Å². The highest BCUT2D eigenvalue weighted by Gasteiger charge is 2.37. The maximum absolute atomic E-state index is 12.1. The third-order valence-corrected chi connectivity index (χ3v) is 7.65. The van der Waals surface area contributed by atoms with E-state index in [4.69, 9.17) is 0 Å². The fourth-order valence-corrected chi connectivity index (χ4v) is 3.90. The molecule has 0 aliphatic rings. The topological polar surface area (TPSA) is 34.1 Å². The first-order valence-corrected chi connectivity index (χ1v) is 9.05. The maximum atomic E-state index is 12.1. The van der Waals surface area contributed by atoms with E-state index in [0.717, 1.165) is 24.8 Å². The molecule has 1 rings (SSSR count). The zero-order valence-corrected chi connectivity index (χ0v) is 14.9. The summed E-state index contributed by atoms with van der Waals surface area (Å²) in [4.78, 5) is 0.303. The van der Waals surface area contributed by atoms with Gasteiger partial charge in [-0.05, 0) is 78.3 Å². The van der Waals surface area contributed by atoms with E-state index in [1.165, 1.54) is 0 Å². The Morgan fingerprint density at radius 2 is 1.88 bits per heavy atom. The van der Waals surface area contributed by atoms with Crippen LogP contribution in [0.15, 0.2) is 29.2 Å². The molecule has 0 amide bonds. The summed E-state index contributed by atoms with van der Waals surface area (Å²) < 4.78 is 23.0. The molecule has 0 aromatic heterocycles. The van der Waals surface area contributed by atoms with E-state index in [2.05, 4.69) is 54.7 Å². The van der Waals surface area contributed by atoms with Crippen LogP contribution < -0.4 is 0 Å². The van der Waals surface area contributed by atoms with Crippen LogP contribution >= 0.6 is 47.8 Å². The van der Waals surface area contributed by atoms with Crippen LogP contribution in [0.2, 0.25) is 0 Å². The van der Waals surface area contributed by atoms with Crippen molar-refractivity contribution in [3.63, 3.8) is 0 Å². The van der Waals surface area contributed by atoms with Gasteiger partial charge >= 0.3 is 0 Å². The SMILES string of the molecule is CCCCc1cccc(S(=O)(=O)C(Br)(Br)Br)c1. The van der Waals surface area contributed by atoms with Gasteiger partial charge in [-0.2, -0.15) is 0 Å². The van der Waals surface area contributed by atoms with Gasteiger partial charge in [0.25, 0.3) is 0 Å². The molecule has 1 aromatic carbocycles. The lowest BCUT2D eigenvalue weighted by Gasteiger charge is -2.14. The van der Waals surface area contributed by atoms with Crippen molar-refractivity contribution in [1.29, 1.82) is 0 Å². The smallest absolute Gasteiger partial charge is 0.220 e. The lowest BCUT2D eigenvalue weighted by Crippen LogP contribution is -2.17. The first-order valence-electron chi connectivity index (χ1n) is 5.19.